The number of hydrogen-bond acceptors (Lipinski definition) is 8. The van der Waals surface area contributed by atoms with Gasteiger partial charge in [-0.3, -0.25) is 10.1 Å². The monoisotopic (exact) mass is 549 g/mol. The number of carbonyl (C=O) groups is 1. The van der Waals surface area contributed by atoms with E-state index in [1.54, 1.807) is 6.20 Å². The van der Waals surface area contributed by atoms with Crippen LogP contribution in [0, 0.1) is 0 Å². The van der Waals surface area contributed by atoms with Crippen molar-refractivity contribution in [1.82, 2.24) is 25.5 Å². The van der Waals surface area contributed by atoms with Gasteiger partial charge in [-0.15, -0.1) is 0 Å². The lowest BCUT2D eigenvalue weighted by atomic mass is 10.0. The summed E-state index contributed by atoms with van der Waals surface area (Å²) in [6, 6.07) is 22.7. The SMILES string of the molecule is O=C(Nc1ccccc1-c1nc2cccnc2s1)C1=CC(NC2CCN(C3CC3)CC2)NC(c2ccccc2)=N1. The molecule has 9 heteroatoms. The minimum Gasteiger partial charge on any atom is -0.351 e. The summed E-state index contributed by atoms with van der Waals surface area (Å²) in [4.78, 5) is 31.1. The van der Waals surface area contributed by atoms with Crippen LogP contribution in [-0.4, -0.2) is 57.9 Å². The van der Waals surface area contributed by atoms with Gasteiger partial charge in [-0.2, -0.15) is 0 Å². The topological polar surface area (TPSA) is 94.5 Å². The van der Waals surface area contributed by atoms with Crippen LogP contribution >= 0.6 is 11.3 Å². The number of anilines is 1. The fourth-order valence-corrected chi connectivity index (χ4v) is 6.42. The quantitative estimate of drug-likeness (QED) is 0.307. The van der Waals surface area contributed by atoms with Gasteiger partial charge < -0.3 is 15.5 Å². The maximum atomic E-state index is 13.7. The van der Waals surface area contributed by atoms with Crippen molar-refractivity contribution in [3.8, 4) is 10.6 Å². The van der Waals surface area contributed by atoms with Crippen LogP contribution in [0.1, 0.15) is 31.2 Å². The molecule has 4 aromatic rings. The summed E-state index contributed by atoms with van der Waals surface area (Å²) in [7, 11) is 0. The molecule has 1 saturated carbocycles. The van der Waals surface area contributed by atoms with Crippen LogP contribution < -0.4 is 16.0 Å². The number of hydrogen-bond donors (Lipinski definition) is 3. The van der Waals surface area contributed by atoms with Crippen LogP contribution in [0.3, 0.4) is 0 Å². The van der Waals surface area contributed by atoms with Gasteiger partial charge in [0.1, 0.15) is 33.1 Å². The van der Waals surface area contributed by atoms with E-state index >= 15 is 0 Å². The number of amides is 1. The van der Waals surface area contributed by atoms with Crippen LogP contribution in [0.15, 0.2) is 89.7 Å². The number of carbonyl (C=O) groups excluding carboxylic acids is 1. The fraction of sp³-hybridized carbons (Fsp3) is 0.290. The molecule has 7 rings (SSSR count). The molecule has 1 saturated heterocycles. The number of nitrogens with zero attached hydrogens (tertiary/aromatic N) is 4. The second-order valence-electron chi connectivity index (χ2n) is 10.6. The number of para-hydroxylation sites is 1. The highest BCUT2D eigenvalue weighted by molar-refractivity contribution is 7.21. The average Bonchev–Trinajstić information content (AvgIpc) is 3.76. The molecule has 0 spiro atoms. The normalized spacial score (nSPS) is 20.1. The molecule has 1 atom stereocenters. The highest BCUT2D eigenvalue weighted by atomic mass is 32.1. The van der Waals surface area contributed by atoms with E-state index in [0.29, 0.717) is 23.3 Å². The number of pyridine rings is 1. The highest BCUT2D eigenvalue weighted by Gasteiger charge is 2.32. The van der Waals surface area contributed by atoms with Crippen LogP contribution in [-0.2, 0) is 4.79 Å². The third-order valence-corrected chi connectivity index (χ3v) is 8.72. The Morgan fingerprint density at radius 3 is 2.55 bits per heavy atom. The second-order valence-corrected chi connectivity index (χ2v) is 11.5. The van der Waals surface area contributed by atoms with Crippen molar-refractivity contribution in [1.29, 1.82) is 0 Å². The van der Waals surface area contributed by atoms with E-state index in [9.17, 15) is 4.79 Å². The van der Waals surface area contributed by atoms with E-state index in [1.165, 1.54) is 24.2 Å². The first-order valence-electron chi connectivity index (χ1n) is 13.9. The Balaban J connectivity index is 1.13. The summed E-state index contributed by atoms with van der Waals surface area (Å²) in [5, 5.41) is 11.2. The summed E-state index contributed by atoms with van der Waals surface area (Å²) >= 11 is 1.51. The van der Waals surface area contributed by atoms with Gasteiger partial charge >= 0.3 is 0 Å². The number of aliphatic imine (C=N–C) groups is 1. The minimum absolute atomic E-state index is 0.198. The molecule has 3 N–H and O–H groups in total. The van der Waals surface area contributed by atoms with E-state index in [0.717, 1.165) is 58.5 Å². The van der Waals surface area contributed by atoms with Gasteiger partial charge in [0.05, 0.1) is 5.69 Å². The third-order valence-electron chi connectivity index (χ3n) is 7.71. The van der Waals surface area contributed by atoms with Crippen LogP contribution in [0.2, 0.25) is 0 Å². The number of amidine groups is 1. The number of nitrogens with one attached hydrogen (secondary N) is 3. The van der Waals surface area contributed by atoms with Crippen molar-refractivity contribution >= 4 is 39.1 Å². The van der Waals surface area contributed by atoms with Crippen molar-refractivity contribution < 1.29 is 4.79 Å². The largest absolute Gasteiger partial charge is 0.351 e. The first-order chi connectivity index (χ1) is 19.7. The molecule has 4 heterocycles. The number of fused-ring (bicyclic) bond motifs is 1. The Kier molecular flexibility index (Phi) is 6.85. The average molecular weight is 550 g/mol. The maximum Gasteiger partial charge on any atom is 0.274 e. The third kappa shape index (κ3) is 5.40. The number of rotatable bonds is 7. The lowest BCUT2D eigenvalue weighted by Gasteiger charge is -2.35. The van der Waals surface area contributed by atoms with Crippen molar-refractivity contribution in [2.75, 3.05) is 18.4 Å². The second kappa shape index (κ2) is 10.9. The highest BCUT2D eigenvalue weighted by Crippen LogP contribution is 2.34. The molecular weight excluding hydrogens is 518 g/mol. The molecule has 8 nitrogen and oxygen atoms in total. The van der Waals surface area contributed by atoms with E-state index in [4.69, 9.17) is 9.98 Å². The molecule has 1 unspecified atom stereocenters. The molecular formula is C31H31N7OS. The zero-order valence-corrected chi connectivity index (χ0v) is 22.9. The van der Waals surface area contributed by atoms with Crippen molar-refractivity contribution in [2.45, 2.75) is 43.9 Å². The fourth-order valence-electron chi connectivity index (χ4n) is 5.47. The smallest absolute Gasteiger partial charge is 0.274 e. The summed E-state index contributed by atoms with van der Waals surface area (Å²) in [5.74, 6) is 0.434. The lowest BCUT2D eigenvalue weighted by Crippen LogP contribution is -2.53. The van der Waals surface area contributed by atoms with Crippen LogP contribution in [0.5, 0.6) is 0 Å². The summed E-state index contributed by atoms with van der Waals surface area (Å²) < 4.78 is 0. The Hall–Kier alpha value is -3.92. The van der Waals surface area contributed by atoms with Gasteiger partial charge in [-0.05, 0) is 69.1 Å². The molecule has 0 radical (unpaired) electrons. The Labute approximate surface area is 237 Å². The van der Waals surface area contributed by atoms with Crippen LogP contribution in [0.4, 0.5) is 5.69 Å². The molecule has 2 aromatic carbocycles. The van der Waals surface area contributed by atoms with Gasteiger partial charge in [0.25, 0.3) is 5.91 Å². The Morgan fingerprint density at radius 1 is 0.950 bits per heavy atom. The van der Waals surface area contributed by atoms with Crippen molar-refractivity contribution in [3.05, 3.63) is 90.3 Å². The number of likely N-dealkylation sites (tertiary alicyclic amines) is 1. The number of benzene rings is 2. The molecule has 2 aliphatic heterocycles. The molecule has 1 amide bonds. The van der Waals surface area contributed by atoms with E-state index < -0.39 is 0 Å². The molecule has 202 valence electrons. The molecule has 2 fully saturated rings. The van der Waals surface area contributed by atoms with Gasteiger partial charge in [-0.25, -0.2) is 15.0 Å². The predicted molar refractivity (Wildman–Crippen MR) is 160 cm³/mol. The van der Waals surface area contributed by atoms with E-state index in [2.05, 4.69) is 25.8 Å². The summed E-state index contributed by atoms with van der Waals surface area (Å²) in [6.45, 7) is 2.26. The van der Waals surface area contributed by atoms with E-state index in [-0.39, 0.29) is 12.1 Å². The van der Waals surface area contributed by atoms with Crippen LogP contribution in [0.25, 0.3) is 20.9 Å². The van der Waals surface area contributed by atoms with E-state index in [1.807, 2.05) is 72.8 Å². The zero-order chi connectivity index (χ0) is 26.9. The number of piperidine rings is 1. The summed E-state index contributed by atoms with van der Waals surface area (Å²) in [6.07, 6.45) is 8.37. The Morgan fingerprint density at radius 2 is 1.75 bits per heavy atom. The predicted octanol–water partition coefficient (Wildman–Crippen LogP) is 4.77. The van der Waals surface area contributed by atoms with Gasteiger partial charge in [0, 0.05) is 29.4 Å². The Bertz CT molecular complexity index is 1550. The van der Waals surface area contributed by atoms with Gasteiger partial charge in [-0.1, -0.05) is 53.8 Å². The maximum absolute atomic E-state index is 13.7. The van der Waals surface area contributed by atoms with Crippen molar-refractivity contribution in [3.63, 3.8) is 0 Å². The van der Waals surface area contributed by atoms with Crippen molar-refractivity contribution in [2.24, 2.45) is 4.99 Å². The first kappa shape index (κ1) is 25.1. The molecule has 3 aliphatic rings. The summed E-state index contributed by atoms with van der Waals surface area (Å²) in [5.41, 5.74) is 3.72. The van der Waals surface area contributed by atoms with Gasteiger partial charge in [0.15, 0.2) is 0 Å². The minimum atomic E-state index is -0.253. The zero-order valence-electron chi connectivity index (χ0n) is 22.1. The first-order valence-corrected chi connectivity index (χ1v) is 14.8. The van der Waals surface area contributed by atoms with Gasteiger partial charge in [0.2, 0.25) is 0 Å². The molecule has 0 bridgehead atoms. The molecule has 2 aromatic heterocycles. The lowest BCUT2D eigenvalue weighted by molar-refractivity contribution is -0.112. The number of thiazole rings is 1. The number of aromatic nitrogens is 2. The molecule has 1 aliphatic carbocycles. The standard InChI is InChI=1S/C31H31N7OS/c39-29(35-24-10-5-4-9-23(24)30-36-25-11-6-16-32-31(25)40-30)26-19-27(37-28(34-26)20-7-2-1-3-8-20)33-21-14-17-38(18-15-21)22-12-13-22/h1-11,16,19,21-22,27,33H,12-15,17-18H2,(H,34,37)(H,35,39). The molecule has 40 heavy (non-hydrogen) atoms.